The summed E-state index contributed by atoms with van der Waals surface area (Å²) in [6, 6.07) is 10.1. The molecule has 1 saturated carbocycles. The van der Waals surface area contributed by atoms with Crippen molar-refractivity contribution in [2.45, 2.75) is 25.2 Å². The second-order valence-corrected chi connectivity index (χ2v) is 6.55. The minimum absolute atomic E-state index is 0.0445. The molecule has 0 spiro atoms. The summed E-state index contributed by atoms with van der Waals surface area (Å²) >= 11 is 0. The van der Waals surface area contributed by atoms with Crippen molar-refractivity contribution in [2.75, 3.05) is 6.61 Å². The van der Waals surface area contributed by atoms with Gasteiger partial charge < -0.3 is 4.74 Å². The van der Waals surface area contributed by atoms with Gasteiger partial charge in [0.15, 0.2) is 5.65 Å². The van der Waals surface area contributed by atoms with Gasteiger partial charge in [0.25, 0.3) is 5.92 Å². The van der Waals surface area contributed by atoms with Crippen LogP contribution in [0.3, 0.4) is 0 Å². The molecule has 5 rings (SSSR count). The van der Waals surface area contributed by atoms with Gasteiger partial charge in [0.2, 0.25) is 0 Å². The Hall–Kier alpha value is -2.50. The molecule has 24 heavy (non-hydrogen) atoms. The maximum atomic E-state index is 13.1. The van der Waals surface area contributed by atoms with Gasteiger partial charge >= 0.3 is 0 Å². The molecule has 2 aliphatic rings. The average molecular weight is 327 g/mol. The normalized spacial score (nSPS) is 20.8. The maximum absolute atomic E-state index is 13.1. The standard InChI is InChI=1S/C18H15F2N3O/c19-18(20)10-14(18)9-17-22-21-16-8-12(3-5-23(16)17)11-1-2-15-13(7-11)4-6-24-15/h1-3,5,7-8,14H,4,6,9-10H2. The summed E-state index contributed by atoms with van der Waals surface area (Å²) in [5.41, 5.74) is 4.03. The van der Waals surface area contributed by atoms with Crippen molar-refractivity contribution in [3.63, 3.8) is 0 Å². The van der Waals surface area contributed by atoms with Gasteiger partial charge in [-0.1, -0.05) is 6.07 Å². The molecule has 0 amide bonds. The fourth-order valence-corrected chi connectivity index (χ4v) is 3.34. The lowest BCUT2D eigenvalue weighted by atomic mass is 10.0. The zero-order chi connectivity index (χ0) is 16.3. The van der Waals surface area contributed by atoms with E-state index in [1.807, 2.05) is 30.5 Å². The minimum atomic E-state index is -2.53. The van der Waals surface area contributed by atoms with E-state index >= 15 is 0 Å². The van der Waals surface area contributed by atoms with E-state index in [1.165, 1.54) is 5.56 Å². The molecule has 0 bridgehead atoms. The smallest absolute Gasteiger partial charge is 0.252 e. The molecule has 0 radical (unpaired) electrons. The van der Waals surface area contributed by atoms with Crippen molar-refractivity contribution in [3.8, 4) is 16.9 Å². The number of hydrogen-bond acceptors (Lipinski definition) is 3. The largest absolute Gasteiger partial charge is 0.493 e. The predicted octanol–water partition coefficient (Wildman–Crippen LogP) is 3.53. The van der Waals surface area contributed by atoms with E-state index in [4.69, 9.17) is 4.74 Å². The first-order valence-corrected chi connectivity index (χ1v) is 8.08. The van der Waals surface area contributed by atoms with Crippen molar-refractivity contribution >= 4 is 5.65 Å². The summed E-state index contributed by atoms with van der Waals surface area (Å²) in [7, 11) is 0. The number of alkyl halides is 2. The van der Waals surface area contributed by atoms with Crippen LogP contribution in [0.25, 0.3) is 16.8 Å². The van der Waals surface area contributed by atoms with E-state index in [9.17, 15) is 8.78 Å². The topological polar surface area (TPSA) is 39.4 Å². The van der Waals surface area contributed by atoms with Crippen LogP contribution < -0.4 is 4.74 Å². The van der Waals surface area contributed by atoms with Gasteiger partial charge in [0.05, 0.1) is 6.61 Å². The average Bonchev–Trinajstić information content (AvgIpc) is 2.98. The zero-order valence-electron chi connectivity index (χ0n) is 12.9. The number of halogens is 2. The molecule has 3 heterocycles. The third kappa shape index (κ3) is 2.17. The van der Waals surface area contributed by atoms with Crippen molar-refractivity contribution in [1.29, 1.82) is 0 Å². The Bertz CT molecular complexity index is 951. The van der Waals surface area contributed by atoms with Gasteiger partial charge in [0.1, 0.15) is 11.6 Å². The highest BCUT2D eigenvalue weighted by atomic mass is 19.3. The summed E-state index contributed by atoms with van der Waals surface area (Å²) in [5.74, 6) is -1.57. The van der Waals surface area contributed by atoms with E-state index < -0.39 is 11.8 Å². The molecular weight excluding hydrogens is 312 g/mol. The molecule has 1 aliphatic carbocycles. The van der Waals surface area contributed by atoms with Crippen molar-refractivity contribution in [1.82, 2.24) is 14.6 Å². The molecule has 1 unspecified atom stereocenters. The Kier molecular flexibility index (Phi) is 2.75. The fourth-order valence-electron chi connectivity index (χ4n) is 3.34. The summed E-state index contributed by atoms with van der Waals surface area (Å²) in [6.07, 6.45) is 3.02. The summed E-state index contributed by atoms with van der Waals surface area (Å²) in [4.78, 5) is 0. The van der Waals surface area contributed by atoms with E-state index in [1.54, 1.807) is 4.40 Å². The number of rotatable bonds is 3. The van der Waals surface area contributed by atoms with Crippen LogP contribution in [0, 0.1) is 5.92 Å². The van der Waals surface area contributed by atoms with E-state index in [-0.39, 0.29) is 12.8 Å². The van der Waals surface area contributed by atoms with E-state index in [0.717, 1.165) is 29.9 Å². The molecule has 1 atom stereocenters. The van der Waals surface area contributed by atoms with Gasteiger partial charge in [-0.05, 0) is 41.0 Å². The van der Waals surface area contributed by atoms with Gasteiger partial charge in [-0.25, -0.2) is 8.78 Å². The molecule has 1 aromatic carbocycles. The van der Waals surface area contributed by atoms with Crippen LogP contribution in [0.1, 0.15) is 17.8 Å². The molecule has 1 fully saturated rings. The monoisotopic (exact) mass is 327 g/mol. The lowest BCUT2D eigenvalue weighted by Gasteiger charge is -2.06. The highest BCUT2D eigenvalue weighted by Crippen LogP contribution is 2.50. The van der Waals surface area contributed by atoms with Gasteiger partial charge in [-0.2, -0.15) is 0 Å². The predicted molar refractivity (Wildman–Crippen MR) is 84.4 cm³/mol. The second-order valence-electron chi connectivity index (χ2n) is 6.55. The van der Waals surface area contributed by atoms with Crippen LogP contribution in [-0.4, -0.2) is 27.1 Å². The van der Waals surface area contributed by atoms with Gasteiger partial charge in [-0.3, -0.25) is 4.40 Å². The second kappa shape index (κ2) is 4.75. The number of aromatic nitrogens is 3. The number of ether oxygens (including phenoxy) is 1. The van der Waals surface area contributed by atoms with Crippen LogP contribution >= 0.6 is 0 Å². The van der Waals surface area contributed by atoms with Crippen molar-refractivity contribution in [3.05, 3.63) is 47.9 Å². The third-order valence-electron chi connectivity index (χ3n) is 4.89. The molecule has 0 saturated heterocycles. The maximum Gasteiger partial charge on any atom is 0.252 e. The zero-order valence-corrected chi connectivity index (χ0v) is 12.9. The third-order valence-corrected chi connectivity index (χ3v) is 4.89. The highest BCUT2D eigenvalue weighted by molar-refractivity contribution is 5.69. The SMILES string of the molecule is FC1(F)CC1Cc1nnc2cc(-c3ccc4c(c3)CCO4)ccn12. The molecule has 1 aliphatic heterocycles. The number of hydrogen-bond donors (Lipinski definition) is 0. The van der Waals surface area contributed by atoms with Gasteiger partial charge in [0, 0.05) is 31.4 Å². The summed E-state index contributed by atoms with van der Waals surface area (Å²) < 4.78 is 33.6. The van der Waals surface area contributed by atoms with E-state index in [0.29, 0.717) is 11.5 Å². The fraction of sp³-hybridized carbons (Fsp3) is 0.333. The number of benzene rings is 1. The van der Waals surface area contributed by atoms with Crippen molar-refractivity contribution < 1.29 is 13.5 Å². The molecule has 6 heteroatoms. The Morgan fingerprint density at radius 2 is 2.00 bits per heavy atom. The van der Waals surface area contributed by atoms with Crippen LogP contribution in [0.5, 0.6) is 5.75 Å². The van der Waals surface area contributed by atoms with E-state index in [2.05, 4.69) is 16.3 Å². The first-order chi connectivity index (χ1) is 11.6. The number of pyridine rings is 1. The van der Waals surface area contributed by atoms with Crippen LogP contribution in [0.2, 0.25) is 0 Å². The Labute approximate surface area is 137 Å². The lowest BCUT2D eigenvalue weighted by Crippen LogP contribution is -2.01. The highest BCUT2D eigenvalue weighted by Gasteiger charge is 2.56. The molecule has 0 N–H and O–H groups in total. The first kappa shape index (κ1) is 13.9. The van der Waals surface area contributed by atoms with Crippen LogP contribution in [0.4, 0.5) is 8.78 Å². The quantitative estimate of drug-likeness (QED) is 0.739. The summed E-state index contributed by atoms with van der Waals surface area (Å²) in [6.45, 7) is 0.733. The minimum Gasteiger partial charge on any atom is -0.493 e. The van der Waals surface area contributed by atoms with Gasteiger partial charge in [-0.15, -0.1) is 10.2 Å². The van der Waals surface area contributed by atoms with Crippen molar-refractivity contribution in [2.24, 2.45) is 5.92 Å². The molecule has 122 valence electrons. The molecule has 3 aromatic rings. The lowest BCUT2D eigenvalue weighted by molar-refractivity contribution is 0.0984. The number of nitrogens with zero attached hydrogens (tertiary/aromatic N) is 3. The molecular formula is C18H15F2N3O. The van der Waals surface area contributed by atoms with Crippen LogP contribution in [-0.2, 0) is 12.8 Å². The Morgan fingerprint density at radius 3 is 2.83 bits per heavy atom. The molecule has 2 aromatic heterocycles. The molecule has 4 nitrogen and oxygen atoms in total. The number of fused-ring (bicyclic) bond motifs is 2. The summed E-state index contributed by atoms with van der Waals surface area (Å²) in [5, 5.41) is 8.24. The Morgan fingerprint density at radius 1 is 1.17 bits per heavy atom. The first-order valence-electron chi connectivity index (χ1n) is 8.08. The van der Waals surface area contributed by atoms with Crippen LogP contribution in [0.15, 0.2) is 36.5 Å². The Balaban J connectivity index is 1.48.